The van der Waals surface area contributed by atoms with Gasteiger partial charge in [-0.3, -0.25) is 4.79 Å². The Labute approximate surface area is 124 Å². The summed E-state index contributed by atoms with van der Waals surface area (Å²) in [6.07, 6.45) is 1.23. The summed E-state index contributed by atoms with van der Waals surface area (Å²) in [7, 11) is 0. The van der Waals surface area contributed by atoms with Gasteiger partial charge in [-0.25, -0.2) is 9.97 Å². The van der Waals surface area contributed by atoms with Crippen LogP contribution in [-0.2, 0) is 18.0 Å². The predicted octanol–water partition coefficient (Wildman–Crippen LogP) is 3.07. The van der Waals surface area contributed by atoms with Gasteiger partial charge in [0.05, 0.1) is 13.2 Å². The van der Waals surface area contributed by atoms with Crippen LogP contribution in [0, 0.1) is 0 Å². The Bertz CT molecular complexity index is 671. The second-order valence-corrected chi connectivity index (χ2v) is 4.98. The molecule has 7 heteroatoms. The number of aromatic nitrogens is 2. The number of halogens is 2. The smallest absolute Gasteiger partial charge is 0.255 e. The summed E-state index contributed by atoms with van der Waals surface area (Å²) < 4.78 is 5.31. The molecule has 1 amide bonds. The molecule has 0 saturated carbocycles. The molecule has 3 rings (SSSR count). The van der Waals surface area contributed by atoms with Crippen molar-refractivity contribution in [1.82, 2.24) is 9.97 Å². The van der Waals surface area contributed by atoms with Gasteiger partial charge in [0.25, 0.3) is 5.91 Å². The lowest BCUT2D eigenvalue weighted by molar-refractivity contribution is 0.102. The Hall–Kier alpha value is -1.69. The second-order valence-electron chi connectivity index (χ2n) is 4.26. The molecule has 5 nitrogen and oxygen atoms in total. The van der Waals surface area contributed by atoms with Crippen molar-refractivity contribution in [3.8, 4) is 0 Å². The molecule has 1 aromatic carbocycles. The van der Waals surface area contributed by atoms with E-state index >= 15 is 0 Å². The van der Waals surface area contributed by atoms with Gasteiger partial charge in [-0.2, -0.15) is 0 Å². The minimum atomic E-state index is -0.321. The van der Waals surface area contributed by atoms with E-state index in [1.165, 1.54) is 6.33 Å². The number of benzene rings is 1. The standard InChI is InChI=1S/C13H9Cl2N3O2/c14-11-10(12(15)17-6-16-11)18-13(19)7-1-2-8-4-20-5-9(8)3-7/h1-3,6H,4-5H2,(H,18,19). The number of nitrogens with zero attached hydrogens (tertiary/aromatic N) is 2. The first-order chi connectivity index (χ1) is 9.65. The van der Waals surface area contributed by atoms with Gasteiger partial charge in [-0.05, 0) is 23.3 Å². The van der Waals surface area contributed by atoms with Crippen molar-refractivity contribution in [2.75, 3.05) is 5.32 Å². The fourth-order valence-electron chi connectivity index (χ4n) is 1.95. The molecule has 2 aromatic rings. The molecule has 2 heterocycles. The highest BCUT2D eigenvalue weighted by Crippen LogP contribution is 2.27. The van der Waals surface area contributed by atoms with Crippen LogP contribution in [0.15, 0.2) is 24.5 Å². The highest BCUT2D eigenvalue weighted by atomic mass is 35.5. The van der Waals surface area contributed by atoms with Gasteiger partial charge in [-0.15, -0.1) is 0 Å². The Morgan fingerprint density at radius 1 is 1.15 bits per heavy atom. The van der Waals surface area contributed by atoms with Gasteiger partial charge in [0.1, 0.15) is 12.0 Å². The maximum atomic E-state index is 12.2. The van der Waals surface area contributed by atoms with E-state index in [1.807, 2.05) is 6.07 Å². The van der Waals surface area contributed by atoms with Crippen molar-refractivity contribution in [1.29, 1.82) is 0 Å². The maximum Gasteiger partial charge on any atom is 0.255 e. The first-order valence-electron chi connectivity index (χ1n) is 5.82. The van der Waals surface area contributed by atoms with E-state index in [9.17, 15) is 4.79 Å². The zero-order chi connectivity index (χ0) is 14.1. The third-order valence-electron chi connectivity index (χ3n) is 2.98. The maximum absolute atomic E-state index is 12.2. The third-order valence-corrected chi connectivity index (χ3v) is 3.55. The zero-order valence-corrected chi connectivity index (χ0v) is 11.7. The third kappa shape index (κ3) is 2.47. The molecule has 0 radical (unpaired) electrons. The SMILES string of the molecule is O=C(Nc1c(Cl)ncnc1Cl)c1ccc2c(c1)COC2. The van der Waals surface area contributed by atoms with Crippen LogP contribution in [0.4, 0.5) is 5.69 Å². The molecule has 20 heavy (non-hydrogen) atoms. The number of nitrogens with one attached hydrogen (secondary N) is 1. The normalized spacial score (nSPS) is 13.1. The number of carbonyl (C=O) groups excluding carboxylic acids is 1. The first-order valence-corrected chi connectivity index (χ1v) is 6.57. The van der Waals surface area contributed by atoms with Crippen LogP contribution in [0.5, 0.6) is 0 Å². The molecule has 1 aliphatic heterocycles. The molecule has 0 saturated heterocycles. The van der Waals surface area contributed by atoms with Crippen LogP contribution in [0.3, 0.4) is 0 Å². The Balaban J connectivity index is 1.86. The molecule has 0 atom stereocenters. The van der Waals surface area contributed by atoms with Gasteiger partial charge in [-0.1, -0.05) is 29.3 Å². The summed E-state index contributed by atoms with van der Waals surface area (Å²) in [4.78, 5) is 19.8. The van der Waals surface area contributed by atoms with Gasteiger partial charge in [0.2, 0.25) is 0 Å². The second kappa shape index (κ2) is 5.36. The summed E-state index contributed by atoms with van der Waals surface area (Å²) in [5.41, 5.74) is 2.82. The summed E-state index contributed by atoms with van der Waals surface area (Å²) in [6.45, 7) is 1.10. The number of fused-ring (bicyclic) bond motifs is 1. The molecule has 0 fully saturated rings. The predicted molar refractivity (Wildman–Crippen MR) is 74.9 cm³/mol. The average Bonchev–Trinajstić information content (AvgIpc) is 2.90. The number of hydrogen-bond donors (Lipinski definition) is 1. The Morgan fingerprint density at radius 2 is 1.85 bits per heavy atom. The number of hydrogen-bond acceptors (Lipinski definition) is 4. The van der Waals surface area contributed by atoms with Gasteiger partial charge < -0.3 is 10.1 Å². The van der Waals surface area contributed by atoms with E-state index in [0.717, 1.165) is 11.1 Å². The van der Waals surface area contributed by atoms with Gasteiger partial charge in [0, 0.05) is 5.56 Å². The Morgan fingerprint density at radius 3 is 2.60 bits per heavy atom. The molecule has 1 aromatic heterocycles. The number of amides is 1. The average molecular weight is 310 g/mol. The molecule has 0 aliphatic carbocycles. The van der Waals surface area contributed by atoms with Gasteiger partial charge >= 0.3 is 0 Å². The van der Waals surface area contributed by atoms with Crippen LogP contribution in [0.2, 0.25) is 10.3 Å². The molecule has 0 unspecified atom stereocenters. The lowest BCUT2D eigenvalue weighted by atomic mass is 10.1. The van der Waals surface area contributed by atoms with Crippen molar-refractivity contribution in [2.45, 2.75) is 13.2 Å². The highest BCUT2D eigenvalue weighted by molar-refractivity contribution is 6.38. The van der Waals surface area contributed by atoms with E-state index in [4.69, 9.17) is 27.9 Å². The van der Waals surface area contributed by atoms with Crippen LogP contribution in [0.1, 0.15) is 21.5 Å². The first kappa shape index (κ1) is 13.3. The van der Waals surface area contributed by atoms with Crippen molar-refractivity contribution >= 4 is 34.8 Å². The number of rotatable bonds is 2. The monoisotopic (exact) mass is 309 g/mol. The van der Waals surface area contributed by atoms with E-state index in [0.29, 0.717) is 18.8 Å². The van der Waals surface area contributed by atoms with E-state index in [1.54, 1.807) is 12.1 Å². The van der Waals surface area contributed by atoms with E-state index < -0.39 is 0 Å². The molecular weight excluding hydrogens is 301 g/mol. The Kier molecular flexibility index (Phi) is 3.56. The highest BCUT2D eigenvalue weighted by Gasteiger charge is 2.16. The molecular formula is C13H9Cl2N3O2. The largest absolute Gasteiger partial charge is 0.372 e. The summed E-state index contributed by atoms with van der Waals surface area (Å²) in [5.74, 6) is -0.321. The van der Waals surface area contributed by atoms with E-state index in [2.05, 4.69) is 15.3 Å². The minimum absolute atomic E-state index is 0.0999. The topological polar surface area (TPSA) is 64.1 Å². The van der Waals surface area contributed by atoms with Crippen LogP contribution >= 0.6 is 23.2 Å². The quantitative estimate of drug-likeness (QED) is 0.866. The fraction of sp³-hybridized carbons (Fsp3) is 0.154. The summed E-state index contributed by atoms with van der Waals surface area (Å²) in [5, 5.41) is 2.82. The van der Waals surface area contributed by atoms with Crippen molar-refractivity contribution in [2.24, 2.45) is 0 Å². The van der Waals surface area contributed by atoms with Crippen molar-refractivity contribution in [3.63, 3.8) is 0 Å². The lowest BCUT2D eigenvalue weighted by Gasteiger charge is -2.08. The fourth-order valence-corrected chi connectivity index (χ4v) is 2.36. The van der Waals surface area contributed by atoms with Gasteiger partial charge in [0.15, 0.2) is 10.3 Å². The molecule has 1 aliphatic rings. The van der Waals surface area contributed by atoms with Crippen molar-refractivity contribution < 1.29 is 9.53 Å². The van der Waals surface area contributed by atoms with E-state index in [-0.39, 0.29) is 21.9 Å². The molecule has 102 valence electrons. The van der Waals surface area contributed by atoms with Crippen LogP contribution in [-0.4, -0.2) is 15.9 Å². The van der Waals surface area contributed by atoms with Crippen LogP contribution in [0.25, 0.3) is 0 Å². The summed E-state index contributed by atoms with van der Waals surface area (Å²) in [6, 6.07) is 5.40. The van der Waals surface area contributed by atoms with Crippen LogP contribution < -0.4 is 5.32 Å². The summed E-state index contributed by atoms with van der Waals surface area (Å²) >= 11 is 11.8. The zero-order valence-electron chi connectivity index (χ0n) is 10.2. The minimum Gasteiger partial charge on any atom is -0.372 e. The lowest BCUT2D eigenvalue weighted by Crippen LogP contribution is -2.13. The number of anilines is 1. The molecule has 0 spiro atoms. The number of carbonyl (C=O) groups is 1. The molecule has 1 N–H and O–H groups in total. The number of ether oxygens (including phenoxy) is 1. The molecule has 0 bridgehead atoms. The van der Waals surface area contributed by atoms with Crippen molar-refractivity contribution in [3.05, 3.63) is 51.5 Å².